The normalized spacial score (nSPS) is 25.1. The Balaban J connectivity index is 2.01. The Hall–Kier alpha value is -4.06. The number of hydrogen-bond acceptors (Lipinski definition) is 11. The molecule has 5 atom stereocenters. The van der Waals surface area contributed by atoms with E-state index >= 15 is 0 Å². The van der Waals surface area contributed by atoms with Crippen molar-refractivity contribution in [1.82, 2.24) is 5.32 Å². The van der Waals surface area contributed by atoms with Crippen molar-refractivity contribution in [2.75, 3.05) is 6.61 Å². The number of nitrogens with one attached hydrogen (secondary N) is 1. The van der Waals surface area contributed by atoms with Crippen LogP contribution in [0.25, 0.3) is 0 Å². The number of rotatable bonds is 7. The Labute approximate surface area is 205 Å². The zero-order chi connectivity index (χ0) is 26.6. The van der Waals surface area contributed by atoms with Crippen LogP contribution in [0.15, 0.2) is 36.1 Å². The lowest BCUT2D eigenvalue weighted by Crippen LogP contribution is -2.66. The molecule has 1 fully saturated rings. The minimum atomic E-state index is -1.51. The molecule has 3 rings (SSSR count). The molecule has 0 unspecified atom stereocenters. The minimum absolute atomic E-state index is 0.109. The average molecular weight is 503 g/mol. The molecule has 36 heavy (non-hydrogen) atoms. The molecule has 1 N–H and O–H groups in total. The Morgan fingerprint density at radius 3 is 2.08 bits per heavy atom. The van der Waals surface area contributed by atoms with Gasteiger partial charge in [-0.2, -0.15) is 0 Å². The van der Waals surface area contributed by atoms with E-state index in [0.29, 0.717) is 0 Å². The van der Waals surface area contributed by atoms with Gasteiger partial charge in [0.05, 0.1) is 0 Å². The maximum absolute atomic E-state index is 13.0. The number of carbonyl (C=O) groups excluding carboxylic acids is 6. The van der Waals surface area contributed by atoms with Crippen LogP contribution in [0.4, 0.5) is 0 Å². The van der Waals surface area contributed by atoms with Gasteiger partial charge in [0, 0.05) is 44.9 Å². The van der Waals surface area contributed by atoms with Crippen molar-refractivity contribution < 1.29 is 52.5 Å². The molecule has 1 saturated heterocycles. The lowest BCUT2D eigenvalue weighted by Gasteiger charge is -2.45. The third-order valence-corrected chi connectivity index (χ3v) is 5.24. The van der Waals surface area contributed by atoms with Gasteiger partial charge < -0.3 is 29.0 Å². The van der Waals surface area contributed by atoms with Crippen LogP contribution in [0.3, 0.4) is 0 Å². The van der Waals surface area contributed by atoms with Crippen molar-refractivity contribution in [2.24, 2.45) is 0 Å². The van der Waals surface area contributed by atoms with Crippen LogP contribution < -0.4 is 5.32 Å². The van der Waals surface area contributed by atoms with Crippen LogP contribution in [0.2, 0.25) is 0 Å². The monoisotopic (exact) mass is 503 g/mol. The molecule has 1 aliphatic carbocycles. The van der Waals surface area contributed by atoms with Crippen molar-refractivity contribution in [3.8, 4) is 0 Å². The van der Waals surface area contributed by atoms with E-state index in [-0.39, 0.29) is 16.9 Å². The van der Waals surface area contributed by atoms with E-state index in [4.69, 9.17) is 23.7 Å². The molecule has 12 nitrogen and oxygen atoms in total. The van der Waals surface area contributed by atoms with Gasteiger partial charge in [-0.05, 0) is 0 Å². The van der Waals surface area contributed by atoms with Crippen LogP contribution in [0, 0.1) is 0 Å². The molecular weight excluding hydrogens is 478 g/mol. The summed E-state index contributed by atoms with van der Waals surface area (Å²) < 4.78 is 27.3. The maximum atomic E-state index is 13.0. The Bertz CT molecular complexity index is 1120. The molecule has 0 radical (unpaired) electrons. The number of carbonyl (C=O) groups is 6. The van der Waals surface area contributed by atoms with Crippen LogP contribution >= 0.6 is 0 Å². The Morgan fingerprint density at radius 2 is 1.50 bits per heavy atom. The second-order valence-corrected chi connectivity index (χ2v) is 8.09. The summed E-state index contributed by atoms with van der Waals surface area (Å²) in [5.41, 5.74) is 0.302. The van der Waals surface area contributed by atoms with Crippen LogP contribution in [-0.4, -0.2) is 72.6 Å². The van der Waals surface area contributed by atoms with Crippen molar-refractivity contribution >= 4 is 35.4 Å². The number of ketones is 2. The lowest BCUT2D eigenvalue weighted by atomic mass is 9.93. The fourth-order valence-corrected chi connectivity index (χ4v) is 3.90. The van der Waals surface area contributed by atoms with Gasteiger partial charge in [-0.1, -0.05) is 24.3 Å². The number of amides is 1. The highest BCUT2D eigenvalue weighted by Gasteiger charge is 2.52. The first-order valence-electron chi connectivity index (χ1n) is 10.9. The average Bonchev–Trinajstić information content (AvgIpc) is 2.79. The molecule has 2 aliphatic rings. The van der Waals surface area contributed by atoms with Gasteiger partial charge in [0.2, 0.25) is 18.0 Å². The summed E-state index contributed by atoms with van der Waals surface area (Å²) in [6, 6.07) is 4.86. The summed E-state index contributed by atoms with van der Waals surface area (Å²) in [5, 5.41) is 2.52. The molecule has 1 heterocycles. The van der Waals surface area contributed by atoms with Gasteiger partial charge in [-0.25, -0.2) is 0 Å². The van der Waals surface area contributed by atoms with Gasteiger partial charge in [0.1, 0.15) is 18.8 Å². The van der Waals surface area contributed by atoms with Gasteiger partial charge in [0.15, 0.2) is 23.8 Å². The molecular formula is C24H25NO11. The summed E-state index contributed by atoms with van der Waals surface area (Å²) in [4.78, 5) is 72.8. The Kier molecular flexibility index (Phi) is 8.20. The zero-order valence-electron chi connectivity index (χ0n) is 20.0. The maximum Gasteiger partial charge on any atom is 0.303 e. The standard InChI is InChI=1S/C24H25NO11/c1-11(26)25-20-23(34-14(4)29)22(33-13(3)28)19(10-32-12(2)27)36-24(20)35-18-9-17(30)15-7-5-6-8-16(15)21(18)31/h5-9,19-20,22-24H,10H2,1-4H3,(H,25,26)/t19-,20-,22-,23-,24-/m1/s1. The Morgan fingerprint density at radius 1 is 0.889 bits per heavy atom. The van der Waals surface area contributed by atoms with Gasteiger partial charge in [0.25, 0.3) is 0 Å². The van der Waals surface area contributed by atoms with E-state index in [1.165, 1.54) is 19.1 Å². The van der Waals surface area contributed by atoms with Gasteiger partial charge >= 0.3 is 17.9 Å². The van der Waals surface area contributed by atoms with E-state index in [1.807, 2.05) is 0 Å². The van der Waals surface area contributed by atoms with Gasteiger partial charge in [-0.15, -0.1) is 0 Å². The summed E-state index contributed by atoms with van der Waals surface area (Å²) in [7, 11) is 0. The highest BCUT2D eigenvalue weighted by Crippen LogP contribution is 2.31. The third kappa shape index (κ3) is 6.13. The molecule has 192 valence electrons. The molecule has 0 aromatic heterocycles. The predicted molar refractivity (Wildman–Crippen MR) is 118 cm³/mol. The van der Waals surface area contributed by atoms with E-state index in [9.17, 15) is 28.8 Å². The summed E-state index contributed by atoms with van der Waals surface area (Å²) >= 11 is 0. The van der Waals surface area contributed by atoms with Crippen molar-refractivity contribution in [1.29, 1.82) is 0 Å². The number of allylic oxidation sites excluding steroid dienone is 2. The molecule has 0 saturated carbocycles. The van der Waals surface area contributed by atoms with Crippen molar-refractivity contribution in [3.05, 3.63) is 47.2 Å². The molecule has 1 aromatic carbocycles. The minimum Gasteiger partial charge on any atom is -0.463 e. The molecule has 1 aliphatic heterocycles. The summed E-state index contributed by atoms with van der Waals surface area (Å²) in [6.45, 7) is 4.10. The second kappa shape index (κ2) is 11.1. The molecule has 12 heteroatoms. The highest BCUT2D eigenvalue weighted by molar-refractivity contribution is 6.23. The van der Waals surface area contributed by atoms with Crippen LogP contribution in [-0.2, 0) is 42.9 Å². The fourth-order valence-electron chi connectivity index (χ4n) is 3.90. The highest BCUT2D eigenvalue weighted by atomic mass is 16.7. The molecule has 0 bridgehead atoms. The smallest absolute Gasteiger partial charge is 0.303 e. The first kappa shape index (κ1) is 26.5. The number of fused-ring (bicyclic) bond motifs is 1. The number of ether oxygens (including phenoxy) is 5. The topological polar surface area (TPSA) is 161 Å². The predicted octanol–water partition coefficient (Wildman–Crippen LogP) is 0.622. The number of benzene rings is 1. The molecule has 1 aromatic rings. The van der Waals surface area contributed by atoms with Gasteiger partial charge in [-0.3, -0.25) is 28.8 Å². The van der Waals surface area contributed by atoms with Crippen LogP contribution in [0.5, 0.6) is 0 Å². The number of hydrogen-bond donors (Lipinski definition) is 1. The molecule has 0 spiro atoms. The summed E-state index contributed by atoms with van der Waals surface area (Å²) in [6.07, 6.45) is -4.44. The van der Waals surface area contributed by atoms with E-state index in [2.05, 4.69) is 5.32 Å². The van der Waals surface area contributed by atoms with E-state index in [0.717, 1.165) is 26.8 Å². The summed E-state index contributed by atoms with van der Waals surface area (Å²) in [5.74, 6) is -4.27. The second-order valence-electron chi connectivity index (χ2n) is 8.09. The zero-order valence-corrected chi connectivity index (χ0v) is 20.0. The van der Waals surface area contributed by atoms with Crippen molar-refractivity contribution in [2.45, 2.75) is 58.3 Å². The quantitative estimate of drug-likeness (QED) is 0.410. The van der Waals surface area contributed by atoms with E-state index in [1.54, 1.807) is 12.1 Å². The van der Waals surface area contributed by atoms with E-state index < -0.39 is 72.6 Å². The van der Waals surface area contributed by atoms with Crippen molar-refractivity contribution in [3.63, 3.8) is 0 Å². The SMILES string of the molecule is CC(=O)N[C@H]1[C@H](OC2=CC(=O)c3ccccc3C2=O)O[C@H](COC(C)=O)[C@@H](OC(C)=O)[C@@H]1OC(C)=O. The number of Topliss-reactive ketones (excluding diaryl/α,β-unsaturated/α-hetero) is 1. The third-order valence-electron chi connectivity index (χ3n) is 5.24. The van der Waals surface area contributed by atoms with Crippen LogP contribution in [0.1, 0.15) is 48.4 Å². The first-order valence-corrected chi connectivity index (χ1v) is 10.9. The largest absolute Gasteiger partial charge is 0.463 e. The first-order chi connectivity index (χ1) is 17.0. The lowest BCUT2D eigenvalue weighted by molar-refractivity contribution is -0.267. The molecule has 1 amide bonds. The number of esters is 3. The fraction of sp³-hybridized carbons (Fsp3) is 0.417.